The highest BCUT2D eigenvalue weighted by molar-refractivity contribution is 7.99. The van der Waals surface area contributed by atoms with Crippen LogP contribution in [0, 0.1) is 24.5 Å². The van der Waals surface area contributed by atoms with Gasteiger partial charge >= 0.3 is 0 Å². The van der Waals surface area contributed by atoms with Gasteiger partial charge in [-0.25, -0.2) is 18.7 Å². The molecule has 31 heavy (non-hydrogen) atoms. The van der Waals surface area contributed by atoms with Crippen LogP contribution in [0.25, 0.3) is 0 Å². The molecule has 0 atom stereocenters. The molecule has 1 amide bonds. The van der Waals surface area contributed by atoms with Gasteiger partial charge < -0.3 is 10.2 Å². The van der Waals surface area contributed by atoms with Crippen LogP contribution in [0.5, 0.6) is 0 Å². The number of aromatic nitrogens is 2. The van der Waals surface area contributed by atoms with Gasteiger partial charge in [-0.05, 0) is 44.0 Å². The maximum absolute atomic E-state index is 13.8. The molecule has 0 unspecified atom stereocenters. The number of nitrogens with one attached hydrogen (secondary N) is 1. The minimum Gasteiger partial charge on any atom is -0.354 e. The number of rotatable bonds is 5. The number of carbonyl (C=O) groups excluding carboxylic acids is 1. The Hall–Kier alpha value is -3.00. The summed E-state index contributed by atoms with van der Waals surface area (Å²) in [4.78, 5) is 24.8. The minimum atomic E-state index is -0.775. The molecule has 1 aliphatic heterocycles. The van der Waals surface area contributed by atoms with E-state index in [9.17, 15) is 13.6 Å². The maximum atomic E-state index is 13.8. The van der Waals surface area contributed by atoms with Crippen molar-refractivity contribution < 1.29 is 13.6 Å². The van der Waals surface area contributed by atoms with E-state index >= 15 is 0 Å². The fourth-order valence-electron chi connectivity index (χ4n) is 3.50. The number of carbonyl (C=O) groups is 1. The van der Waals surface area contributed by atoms with E-state index in [0.29, 0.717) is 25.9 Å². The second kappa shape index (κ2) is 9.43. The standard InChI is InChI=1S/C23H22F2N4OS/c1-15-2-5-18(6-3-15)31-23-21(26-10-11-27-23)29-12-8-16(9-13-29)22(30)28-20-7-4-17(24)14-19(20)25/h2-7,10-11,14,16H,8-9,12-13H2,1H3,(H,28,30). The normalized spacial score (nSPS) is 14.5. The summed E-state index contributed by atoms with van der Waals surface area (Å²) >= 11 is 1.56. The number of piperidine rings is 1. The van der Waals surface area contributed by atoms with E-state index in [2.05, 4.69) is 44.5 Å². The molecule has 0 saturated carbocycles. The van der Waals surface area contributed by atoms with E-state index in [4.69, 9.17) is 0 Å². The number of amides is 1. The fraction of sp³-hybridized carbons (Fsp3) is 0.261. The van der Waals surface area contributed by atoms with Gasteiger partial charge in [-0.15, -0.1) is 0 Å². The zero-order chi connectivity index (χ0) is 21.8. The Morgan fingerprint density at radius 3 is 2.48 bits per heavy atom. The summed E-state index contributed by atoms with van der Waals surface area (Å²) in [5, 5.41) is 3.40. The van der Waals surface area contributed by atoms with Crippen LogP contribution in [-0.2, 0) is 4.79 Å². The van der Waals surface area contributed by atoms with Crippen LogP contribution in [-0.4, -0.2) is 29.0 Å². The fourth-order valence-corrected chi connectivity index (χ4v) is 4.39. The molecular formula is C23H22F2N4OS. The van der Waals surface area contributed by atoms with Gasteiger partial charge in [0.15, 0.2) is 5.82 Å². The summed E-state index contributed by atoms with van der Waals surface area (Å²) in [5.74, 6) is -1.14. The molecule has 1 aromatic heterocycles. The molecule has 160 valence electrons. The van der Waals surface area contributed by atoms with E-state index in [0.717, 1.165) is 27.9 Å². The number of nitrogens with zero attached hydrogens (tertiary/aromatic N) is 3. The third-order valence-corrected chi connectivity index (χ3v) is 6.23. The predicted octanol–water partition coefficient (Wildman–Crippen LogP) is 5.07. The molecule has 2 heterocycles. The van der Waals surface area contributed by atoms with E-state index in [1.807, 2.05) is 6.92 Å². The Balaban J connectivity index is 1.39. The molecule has 3 aromatic rings. The number of hydrogen-bond donors (Lipinski definition) is 1. The van der Waals surface area contributed by atoms with Crippen molar-refractivity contribution >= 4 is 29.2 Å². The van der Waals surface area contributed by atoms with Crippen molar-refractivity contribution in [3.05, 3.63) is 72.1 Å². The first-order valence-corrected chi connectivity index (χ1v) is 10.9. The molecule has 1 aliphatic rings. The number of hydrogen-bond acceptors (Lipinski definition) is 5. The molecule has 8 heteroatoms. The molecule has 2 aromatic carbocycles. The predicted molar refractivity (Wildman–Crippen MR) is 117 cm³/mol. The Morgan fingerprint density at radius 2 is 1.77 bits per heavy atom. The molecule has 0 spiro atoms. The molecule has 1 fully saturated rings. The summed E-state index contributed by atoms with van der Waals surface area (Å²) in [6.07, 6.45) is 4.57. The monoisotopic (exact) mass is 440 g/mol. The van der Waals surface area contributed by atoms with Crippen LogP contribution >= 0.6 is 11.8 Å². The molecule has 5 nitrogen and oxygen atoms in total. The van der Waals surface area contributed by atoms with Gasteiger partial charge in [-0.2, -0.15) is 0 Å². The second-order valence-corrected chi connectivity index (χ2v) is 8.54. The summed E-state index contributed by atoms with van der Waals surface area (Å²) in [6, 6.07) is 11.4. The molecule has 0 aliphatic carbocycles. The van der Waals surface area contributed by atoms with Crippen LogP contribution in [0.2, 0.25) is 0 Å². The molecule has 0 radical (unpaired) electrons. The van der Waals surface area contributed by atoms with Crippen molar-refractivity contribution in [3.8, 4) is 0 Å². The highest BCUT2D eigenvalue weighted by Gasteiger charge is 2.27. The average molecular weight is 441 g/mol. The van der Waals surface area contributed by atoms with Gasteiger partial charge in [0.2, 0.25) is 5.91 Å². The van der Waals surface area contributed by atoms with Crippen molar-refractivity contribution in [2.45, 2.75) is 29.7 Å². The Bertz CT molecular complexity index is 1070. The number of anilines is 2. The van der Waals surface area contributed by atoms with Crippen molar-refractivity contribution in [2.24, 2.45) is 5.92 Å². The van der Waals surface area contributed by atoms with Crippen LogP contribution < -0.4 is 10.2 Å². The lowest BCUT2D eigenvalue weighted by molar-refractivity contribution is -0.120. The van der Waals surface area contributed by atoms with Crippen molar-refractivity contribution in [1.29, 1.82) is 0 Å². The molecule has 1 saturated heterocycles. The lowest BCUT2D eigenvalue weighted by atomic mass is 9.96. The average Bonchev–Trinajstić information content (AvgIpc) is 2.78. The third kappa shape index (κ3) is 5.19. The maximum Gasteiger partial charge on any atom is 0.227 e. The Labute approximate surface area is 183 Å². The summed E-state index contributed by atoms with van der Waals surface area (Å²) in [5.41, 5.74) is 1.20. The molecule has 0 bridgehead atoms. The van der Waals surface area contributed by atoms with E-state index in [1.165, 1.54) is 11.6 Å². The number of halogens is 2. The first kappa shape index (κ1) is 21.2. The van der Waals surface area contributed by atoms with Crippen LogP contribution in [0.15, 0.2) is 64.8 Å². The number of aryl methyl sites for hydroxylation is 1. The minimum absolute atomic E-state index is 0.000426. The van der Waals surface area contributed by atoms with Crippen molar-refractivity contribution in [2.75, 3.05) is 23.3 Å². The van der Waals surface area contributed by atoms with E-state index in [1.54, 1.807) is 24.2 Å². The van der Waals surface area contributed by atoms with Gasteiger partial charge in [0.1, 0.15) is 16.7 Å². The highest BCUT2D eigenvalue weighted by atomic mass is 32.2. The summed E-state index contributed by atoms with van der Waals surface area (Å²) in [6.45, 7) is 3.33. The Kier molecular flexibility index (Phi) is 6.46. The lowest BCUT2D eigenvalue weighted by Crippen LogP contribution is -2.39. The third-order valence-electron chi connectivity index (χ3n) is 5.24. The molecular weight excluding hydrogens is 418 g/mol. The largest absolute Gasteiger partial charge is 0.354 e. The first-order valence-electron chi connectivity index (χ1n) is 10.1. The zero-order valence-corrected chi connectivity index (χ0v) is 17.8. The highest BCUT2D eigenvalue weighted by Crippen LogP contribution is 2.34. The number of benzene rings is 2. The zero-order valence-electron chi connectivity index (χ0n) is 17.0. The summed E-state index contributed by atoms with van der Waals surface area (Å²) < 4.78 is 26.9. The van der Waals surface area contributed by atoms with Crippen molar-refractivity contribution in [1.82, 2.24) is 9.97 Å². The Morgan fingerprint density at radius 1 is 1.06 bits per heavy atom. The van der Waals surface area contributed by atoms with Crippen LogP contribution in [0.1, 0.15) is 18.4 Å². The van der Waals surface area contributed by atoms with Crippen molar-refractivity contribution in [3.63, 3.8) is 0 Å². The SMILES string of the molecule is Cc1ccc(Sc2nccnc2N2CCC(C(=O)Nc3ccc(F)cc3F)CC2)cc1. The molecule has 4 rings (SSSR count). The van der Waals surface area contributed by atoms with Gasteiger partial charge in [0.05, 0.1) is 5.69 Å². The van der Waals surface area contributed by atoms with Crippen LogP contribution in [0.3, 0.4) is 0 Å². The van der Waals surface area contributed by atoms with Gasteiger partial charge in [0.25, 0.3) is 0 Å². The van der Waals surface area contributed by atoms with E-state index in [-0.39, 0.29) is 17.5 Å². The second-order valence-electron chi connectivity index (χ2n) is 7.47. The first-order chi connectivity index (χ1) is 15.0. The quantitative estimate of drug-likeness (QED) is 0.600. The van der Waals surface area contributed by atoms with Gasteiger partial charge in [-0.1, -0.05) is 29.5 Å². The van der Waals surface area contributed by atoms with Gasteiger partial charge in [0, 0.05) is 42.4 Å². The molecule has 1 N–H and O–H groups in total. The van der Waals surface area contributed by atoms with E-state index < -0.39 is 11.6 Å². The van der Waals surface area contributed by atoms with Gasteiger partial charge in [-0.3, -0.25) is 4.79 Å². The smallest absolute Gasteiger partial charge is 0.227 e. The lowest BCUT2D eigenvalue weighted by Gasteiger charge is -2.32. The summed E-state index contributed by atoms with van der Waals surface area (Å²) in [7, 11) is 0. The van der Waals surface area contributed by atoms with Crippen LogP contribution in [0.4, 0.5) is 20.3 Å². The topological polar surface area (TPSA) is 58.1 Å².